The van der Waals surface area contributed by atoms with E-state index in [0.29, 0.717) is 0 Å². The molecule has 0 spiro atoms. The fraction of sp³-hybridized carbons (Fsp3) is 0.818. The van der Waals surface area contributed by atoms with Crippen LogP contribution in [0.3, 0.4) is 0 Å². The van der Waals surface area contributed by atoms with Crippen LogP contribution in [-0.4, -0.2) is 68.4 Å². The summed E-state index contributed by atoms with van der Waals surface area (Å²) in [5.41, 5.74) is 0. The van der Waals surface area contributed by atoms with Crippen LogP contribution >= 0.6 is 0 Å². The Labute approximate surface area is 110 Å². The Morgan fingerprint density at radius 2 is 1.68 bits per heavy atom. The molecule has 0 aliphatic heterocycles. The maximum absolute atomic E-state index is 11.4. The first-order valence-corrected chi connectivity index (χ1v) is 5.91. The number of carbonyl (C=O) groups is 2. The fourth-order valence-corrected chi connectivity index (χ4v) is 1.43. The van der Waals surface area contributed by atoms with Gasteiger partial charge in [-0.1, -0.05) is 0 Å². The van der Waals surface area contributed by atoms with Crippen LogP contribution in [0.2, 0.25) is 0 Å². The molecule has 3 atom stereocenters. The molecule has 6 N–H and O–H groups in total. The molecule has 19 heavy (non-hydrogen) atoms. The first-order valence-electron chi connectivity index (χ1n) is 5.91. The number of hydrogen-bond acceptors (Lipinski definition) is 7. The maximum atomic E-state index is 11.4. The summed E-state index contributed by atoms with van der Waals surface area (Å²) in [6.07, 6.45) is -5.47. The highest BCUT2D eigenvalue weighted by Gasteiger charge is 2.32. The Morgan fingerprint density at radius 1 is 1.11 bits per heavy atom. The summed E-state index contributed by atoms with van der Waals surface area (Å²) in [4.78, 5) is 22.1. The van der Waals surface area contributed by atoms with Gasteiger partial charge in [-0.25, -0.2) is 0 Å². The van der Waals surface area contributed by atoms with Gasteiger partial charge in [0.15, 0.2) is 6.29 Å². The van der Waals surface area contributed by atoms with Gasteiger partial charge in [0.1, 0.15) is 17.9 Å². The quantitative estimate of drug-likeness (QED) is 0.251. The van der Waals surface area contributed by atoms with Crippen LogP contribution < -0.4 is 5.32 Å². The third-order valence-electron chi connectivity index (χ3n) is 2.54. The average molecular weight is 279 g/mol. The summed E-state index contributed by atoms with van der Waals surface area (Å²) in [6, 6.07) is -1.50. The highest BCUT2D eigenvalue weighted by atomic mass is 16.5. The lowest BCUT2D eigenvalue weighted by molar-refractivity contribution is -0.140. The van der Waals surface area contributed by atoms with Crippen molar-refractivity contribution in [3.63, 3.8) is 0 Å². The molecule has 1 amide bonds. The zero-order valence-electron chi connectivity index (χ0n) is 10.7. The lowest BCUT2D eigenvalue weighted by atomic mass is 10.0. The number of hydrogen-bond donors (Lipinski definition) is 6. The van der Waals surface area contributed by atoms with Gasteiger partial charge in [0.2, 0.25) is 5.91 Å². The van der Waals surface area contributed by atoms with E-state index in [4.69, 9.17) is 15.3 Å². The molecule has 0 rings (SSSR count). The Kier molecular flexibility index (Phi) is 8.44. The molecule has 0 saturated carbocycles. The van der Waals surface area contributed by atoms with E-state index in [9.17, 15) is 19.8 Å². The molecule has 0 aromatic rings. The van der Waals surface area contributed by atoms with Crippen molar-refractivity contribution in [1.29, 1.82) is 0 Å². The molecule has 0 bridgehead atoms. The molecule has 0 aromatic carbocycles. The van der Waals surface area contributed by atoms with Crippen LogP contribution in [0.15, 0.2) is 0 Å². The molecular weight excluding hydrogens is 258 g/mol. The van der Waals surface area contributed by atoms with Gasteiger partial charge in [0, 0.05) is 19.4 Å². The number of aliphatic hydroxyl groups is 5. The predicted molar refractivity (Wildman–Crippen MR) is 63.8 cm³/mol. The van der Waals surface area contributed by atoms with Crippen molar-refractivity contribution in [3.8, 4) is 0 Å². The van der Waals surface area contributed by atoms with Gasteiger partial charge in [-0.15, -0.1) is 0 Å². The van der Waals surface area contributed by atoms with Crippen molar-refractivity contribution >= 4 is 11.7 Å². The second kappa shape index (κ2) is 8.94. The van der Waals surface area contributed by atoms with E-state index >= 15 is 0 Å². The minimum absolute atomic E-state index is 0.00460. The Hall–Kier alpha value is -1.06. The van der Waals surface area contributed by atoms with Gasteiger partial charge in [0.05, 0.1) is 6.10 Å². The SMILES string of the molecule is CC(=O)CCC(=O)NC(C(O)O)[C@@H](O)[C@H](O)CCO. The fourth-order valence-electron chi connectivity index (χ4n) is 1.43. The van der Waals surface area contributed by atoms with Crippen molar-refractivity contribution in [2.24, 2.45) is 0 Å². The normalized spacial score (nSPS) is 15.9. The molecular formula is C11H21NO7. The topological polar surface area (TPSA) is 147 Å². The monoisotopic (exact) mass is 279 g/mol. The highest BCUT2D eigenvalue weighted by molar-refractivity contribution is 5.83. The summed E-state index contributed by atoms with van der Waals surface area (Å²) < 4.78 is 0. The number of Topliss-reactive ketones (excluding diaryl/α,β-unsaturated/α-hetero) is 1. The number of aliphatic hydroxyl groups excluding tert-OH is 4. The minimum atomic E-state index is -2.08. The summed E-state index contributed by atoms with van der Waals surface area (Å²) in [5, 5.41) is 47.9. The Morgan fingerprint density at radius 3 is 2.11 bits per heavy atom. The van der Waals surface area contributed by atoms with Crippen LogP contribution in [0.25, 0.3) is 0 Å². The van der Waals surface area contributed by atoms with Crippen LogP contribution in [0.5, 0.6) is 0 Å². The molecule has 0 aromatic heterocycles. The van der Waals surface area contributed by atoms with E-state index in [-0.39, 0.29) is 25.0 Å². The molecule has 0 aliphatic rings. The molecule has 8 heteroatoms. The smallest absolute Gasteiger partial charge is 0.220 e. The van der Waals surface area contributed by atoms with E-state index in [0.717, 1.165) is 0 Å². The van der Waals surface area contributed by atoms with Crippen LogP contribution in [-0.2, 0) is 9.59 Å². The van der Waals surface area contributed by atoms with Crippen LogP contribution in [0, 0.1) is 0 Å². The van der Waals surface area contributed by atoms with Gasteiger partial charge >= 0.3 is 0 Å². The lowest BCUT2D eigenvalue weighted by Gasteiger charge is -2.28. The lowest BCUT2D eigenvalue weighted by Crippen LogP contribution is -2.55. The third-order valence-corrected chi connectivity index (χ3v) is 2.54. The van der Waals surface area contributed by atoms with Crippen molar-refractivity contribution in [3.05, 3.63) is 0 Å². The van der Waals surface area contributed by atoms with Crippen molar-refractivity contribution in [2.45, 2.75) is 50.7 Å². The van der Waals surface area contributed by atoms with E-state index in [1.165, 1.54) is 6.92 Å². The van der Waals surface area contributed by atoms with E-state index in [1.54, 1.807) is 0 Å². The van der Waals surface area contributed by atoms with Gasteiger partial charge in [-0.05, 0) is 13.3 Å². The standard InChI is InChI=1S/C11H21NO7/c1-6(14)2-3-8(16)12-9(11(18)19)10(17)7(15)4-5-13/h7,9-11,13,15,17-19H,2-5H2,1H3,(H,12,16)/t7-,9?,10+/m1/s1. The summed E-state index contributed by atoms with van der Waals surface area (Å²) in [5.74, 6) is -0.847. The second-order valence-electron chi connectivity index (χ2n) is 4.28. The zero-order chi connectivity index (χ0) is 15.0. The number of rotatable bonds is 9. The highest BCUT2D eigenvalue weighted by Crippen LogP contribution is 2.07. The first-order chi connectivity index (χ1) is 8.79. The largest absolute Gasteiger partial charge is 0.396 e. The average Bonchev–Trinajstić information content (AvgIpc) is 2.32. The summed E-state index contributed by atoms with van der Waals surface area (Å²) in [6.45, 7) is 0.913. The predicted octanol–water partition coefficient (Wildman–Crippen LogP) is -2.74. The maximum Gasteiger partial charge on any atom is 0.220 e. The Bertz CT molecular complexity index is 295. The van der Waals surface area contributed by atoms with Crippen LogP contribution in [0.1, 0.15) is 26.2 Å². The van der Waals surface area contributed by atoms with Crippen LogP contribution in [0.4, 0.5) is 0 Å². The summed E-state index contributed by atoms with van der Waals surface area (Å²) in [7, 11) is 0. The van der Waals surface area contributed by atoms with E-state index in [2.05, 4.69) is 5.32 Å². The number of ketones is 1. The molecule has 0 fully saturated rings. The molecule has 1 unspecified atom stereocenters. The van der Waals surface area contributed by atoms with Gasteiger partial charge in [-0.3, -0.25) is 4.79 Å². The number of nitrogens with one attached hydrogen (secondary N) is 1. The third kappa shape index (κ3) is 7.19. The molecule has 0 saturated heterocycles. The molecule has 0 heterocycles. The first kappa shape index (κ1) is 17.9. The van der Waals surface area contributed by atoms with Gasteiger partial charge in [-0.2, -0.15) is 0 Å². The summed E-state index contributed by atoms with van der Waals surface area (Å²) >= 11 is 0. The molecule has 112 valence electrons. The molecule has 8 nitrogen and oxygen atoms in total. The van der Waals surface area contributed by atoms with Crippen molar-refractivity contribution < 1.29 is 35.1 Å². The van der Waals surface area contributed by atoms with Gasteiger partial charge < -0.3 is 35.6 Å². The number of amides is 1. The second-order valence-corrected chi connectivity index (χ2v) is 4.28. The van der Waals surface area contributed by atoms with Crippen molar-refractivity contribution in [2.75, 3.05) is 6.61 Å². The van der Waals surface area contributed by atoms with E-state index < -0.39 is 37.1 Å². The molecule has 0 aliphatic carbocycles. The minimum Gasteiger partial charge on any atom is -0.396 e. The Balaban J connectivity index is 4.47. The van der Waals surface area contributed by atoms with Crippen molar-refractivity contribution in [1.82, 2.24) is 5.32 Å². The van der Waals surface area contributed by atoms with Gasteiger partial charge in [0.25, 0.3) is 0 Å². The molecule has 0 radical (unpaired) electrons. The van der Waals surface area contributed by atoms with E-state index in [1.807, 2.05) is 0 Å². The number of carbonyl (C=O) groups excluding carboxylic acids is 2. The zero-order valence-corrected chi connectivity index (χ0v) is 10.7.